The second-order valence-corrected chi connectivity index (χ2v) is 13.9. The molecule has 13 heteroatoms. The molecule has 0 aliphatic carbocycles. The summed E-state index contributed by atoms with van der Waals surface area (Å²) < 4.78 is 8.33. The summed E-state index contributed by atoms with van der Waals surface area (Å²) in [6.07, 6.45) is 1.75. The normalized spacial score (nSPS) is 15.2. The van der Waals surface area contributed by atoms with Crippen LogP contribution in [0.25, 0.3) is 22.3 Å². The molecule has 0 radical (unpaired) electrons. The molecule has 1 saturated heterocycles. The van der Waals surface area contributed by atoms with E-state index < -0.39 is 29.8 Å². The van der Waals surface area contributed by atoms with Gasteiger partial charge < -0.3 is 19.8 Å². The predicted octanol–water partition coefficient (Wildman–Crippen LogP) is 4.17. The number of fused-ring (bicyclic) bond motifs is 1. The zero-order valence-electron chi connectivity index (χ0n) is 28.6. The molecular weight excluding hydrogens is 628 g/mol. The molecule has 1 atom stereocenters. The quantitative estimate of drug-likeness (QED) is 0.252. The Hall–Kier alpha value is -5.04. The van der Waals surface area contributed by atoms with Gasteiger partial charge in [0.1, 0.15) is 17.7 Å². The first kappa shape index (κ1) is 35.3. The summed E-state index contributed by atoms with van der Waals surface area (Å²) in [5.41, 5.74) is 1.35. The average molecular weight is 673 g/mol. The maximum absolute atomic E-state index is 13.6. The number of ether oxygens (including phenoxy) is 1. The van der Waals surface area contributed by atoms with Crippen LogP contribution in [0, 0.1) is 0 Å². The Morgan fingerprint density at radius 1 is 1.02 bits per heavy atom. The van der Waals surface area contributed by atoms with Gasteiger partial charge in [0.2, 0.25) is 5.91 Å². The van der Waals surface area contributed by atoms with Crippen LogP contribution < -0.4 is 5.56 Å². The second-order valence-electron chi connectivity index (χ2n) is 13.9. The number of carbonyl (C=O) groups excluding carboxylic acids is 2. The van der Waals surface area contributed by atoms with Crippen molar-refractivity contribution >= 4 is 29.0 Å². The minimum atomic E-state index is -1.18. The Labute approximate surface area is 284 Å². The number of carboxylic acids is 1. The molecule has 260 valence electrons. The number of amides is 2. The van der Waals surface area contributed by atoms with Crippen molar-refractivity contribution < 1.29 is 29.3 Å². The standard InChI is InChI=1S/C36H44N6O7/c1-24(26-9-7-6-8-10-26)19-28(43)40-17-15-36(48,16-18-40)22-42-23-37-30-31(33(42)46)38-39(5)32(30)27-13-11-25(12-14-27)20-41(21-29(44)45)34(47)49-35(2,3)4/h6-14,23-24,48H,15-22H2,1-5H3,(H,44,45)/t24-/m1/s1. The highest BCUT2D eigenvalue weighted by atomic mass is 16.6. The van der Waals surface area contributed by atoms with E-state index in [4.69, 9.17) is 4.74 Å². The molecule has 2 aromatic carbocycles. The third-order valence-electron chi connectivity index (χ3n) is 8.75. The van der Waals surface area contributed by atoms with Gasteiger partial charge in [0.15, 0.2) is 5.52 Å². The van der Waals surface area contributed by atoms with Crippen LogP contribution >= 0.6 is 0 Å². The minimum absolute atomic E-state index is 0.0260. The van der Waals surface area contributed by atoms with Gasteiger partial charge in [0.05, 0.1) is 24.2 Å². The lowest BCUT2D eigenvalue weighted by Gasteiger charge is -2.38. The number of aliphatic carboxylic acids is 1. The third-order valence-corrected chi connectivity index (χ3v) is 8.75. The van der Waals surface area contributed by atoms with Gasteiger partial charge in [-0.1, -0.05) is 61.5 Å². The van der Waals surface area contributed by atoms with Crippen molar-refractivity contribution in [3.63, 3.8) is 0 Å². The fourth-order valence-electron chi connectivity index (χ4n) is 6.13. The van der Waals surface area contributed by atoms with Crippen LogP contribution in [-0.4, -0.2) is 88.2 Å². The lowest BCUT2D eigenvalue weighted by Crippen LogP contribution is -2.49. The summed E-state index contributed by atoms with van der Waals surface area (Å²) >= 11 is 0. The SMILES string of the molecule is C[C@H](CC(=O)N1CCC(O)(Cn2cnc3c(-c4ccc(CN(CC(=O)O)C(=O)OC(C)(C)C)cc4)n(C)nc3c2=O)CC1)c1ccccc1. The molecule has 2 amide bonds. The van der Waals surface area contributed by atoms with Gasteiger partial charge in [0, 0.05) is 38.7 Å². The molecule has 0 saturated carbocycles. The Bertz CT molecular complexity index is 1870. The van der Waals surface area contributed by atoms with E-state index in [0.717, 1.165) is 16.0 Å². The maximum Gasteiger partial charge on any atom is 0.411 e. The Balaban J connectivity index is 1.26. The molecule has 49 heavy (non-hydrogen) atoms. The number of aromatic nitrogens is 4. The summed E-state index contributed by atoms with van der Waals surface area (Å²) in [5.74, 6) is -1.02. The van der Waals surface area contributed by atoms with E-state index >= 15 is 0 Å². The minimum Gasteiger partial charge on any atom is -0.480 e. The molecule has 1 aliphatic heterocycles. The van der Waals surface area contributed by atoms with E-state index in [2.05, 4.69) is 10.1 Å². The van der Waals surface area contributed by atoms with Gasteiger partial charge in [-0.3, -0.25) is 28.5 Å². The van der Waals surface area contributed by atoms with Crippen molar-refractivity contribution in [3.05, 3.63) is 82.4 Å². The topological polar surface area (TPSA) is 160 Å². The molecule has 1 aliphatic rings. The van der Waals surface area contributed by atoms with E-state index in [1.165, 1.54) is 10.9 Å². The maximum atomic E-state index is 13.6. The van der Waals surface area contributed by atoms with Crippen LogP contribution in [0.2, 0.25) is 0 Å². The van der Waals surface area contributed by atoms with Gasteiger partial charge in [-0.25, -0.2) is 9.78 Å². The van der Waals surface area contributed by atoms with Crippen molar-refractivity contribution in [2.45, 2.75) is 77.2 Å². The van der Waals surface area contributed by atoms with E-state index in [-0.39, 0.29) is 36.0 Å². The zero-order valence-corrected chi connectivity index (χ0v) is 28.6. The Morgan fingerprint density at radius 2 is 1.67 bits per heavy atom. The lowest BCUT2D eigenvalue weighted by atomic mass is 9.90. The van der Waals surface area contributed by atoms with E-state index in [9.17, 15) is 29.4 Å². The van der Waals surface area contributed by atoms with Crippen molar-refractivity contribution in [1.82, 2.24) is 29.1 Å². The number of aliphatic hydroxyl groups is 1. The molecule has 0 unspecified atom stereocenters. The number of rotatable bonds is 10. The van der Waals surface area contributed by atoms with E-state index in [0.29, 0.717) is 49.1 Å². The number of carboxylic acid groups (broad SMARTS) is 1. The van der Waals surface area contributed by atoms with Crippen molar-refractivity contribution in [2.75, 3.05) is 19.6 Å². The van der Waals surface area contributed by atoms with Gasteiger partial charge in [-0.15, -0.1) is 0 Å². The number of benzene rings is 2. The smallest absolute Gasteiger partial charge is 0.411 e. The summed E-state index contributed by atoms with van der Waals surface area (Å²) in [6.45, 7) is 7.51. The van der Waals surface area contributed by atoms with E-state index in [1.54, 1.807) is 61.7 Å². The molecule has 4 aromatic rings. The largest absolute Gasteiger partial charge is 0.480 e. The molecule has 5 rings (SSSR count). The number of aryl methyl sites for hydroxylation is 1. The predicted molar refractivity (Wildman–Crippen MR) is 183 cm³/mol. The Morgan fingerprint density at radius 3 is 2.29 bits per heavy atom. The Kier molecular flexibility index (Phi) is 10.2. The zero-order chi connectivity index (χ0) is 35.5. The first-order chi connectivity index (χ1) is 23.1. The molecule has 1 fully saturated rings. The average Bonchev–Trinajstić information content (AvgIpc) is 3.38. The second kappa shape index (κ2) is 14.2. The van der Waals surface area contributed by atoms with Crippen molar-refractivity contribution in [2.24, 2.45) is 7.05 Å². The molecular formula is C36H44N6O7. The number of carbonyl (C=O) groups is 3. The third kappa shape index (κ3) is 8.52. The first-order valence-corrected chi connectivity index (χ1v) is 16.4. The lowest BCUT2D eigenvalue weighted by molar-refractivity contribution is -0.138. The highest BCUT2D eigenvalue weighted by molar-refractivity contribution is 5.89. The summed E-state index contributed by atoms with van der Waals surface area (Å²) in [6, 6.07) is 17.0. The van der Waals surface area contributed by atoms with Crippen LogP contribution in [0.1, 0.15) is 64.0 Å². The first-order valence-electron chi connectivity index (χ1n) is 16.4. The van der Waals surface area contributed by atoms with Gasteiger partial charge in [-0.2, -0.15) is 5.10 Å². The summed E-state index contributed by atoms with van der Waals surface area (Å²) in [4.78, 5) is 58.1. The molecule has 3 heterocycles. The van der Waals surface area contributed by atoms with Crippen LogP contribution in [0.4, 0.5) is 4.79 Å². The van der Waals surface area contributed by atoms with E-state index in [1.807, 2.05) is 37.3 Å². The van der Waals surface area contributed by atoms with Crippen molar-refractivity contribution in [1.29, 1.82) is 0 Å². The number of hydrogen-bond acceptors (Lipinski definition) is 8. The number of nitrogens with zero attached hydrogens (tertiary/aromatic N) is 6. The number of piperidine rings is 1. The molecule has 13 nitrogen and oxygen atoms in total. The van der Waals surface area contributed by atoms with Gasteiger partial charge in [-0.05, 0) is 50.7 Å². The summed E-state index contributed by atoms with van der Waals surface area (Å²) in [5, 5.41) is 25.2. The number of hydrogen-bond donors (Lipinski definition) is 2. The molecule has 0 spiro atoms. The van der Waals surface area contributed by atoms with Crippen LogP contribution in [0.15, 0.2) is 65.7 Å². The van der Waals surface area contributed by atoms with Gasteiger partial charge in [0.25, 0.3) is 5.56 Å². The molecule has 2 aromatic heterocycles. The fourth-order valence-corrected chi connectivity index (χ4v) is 6.13. The van der Waals surface area contributed by atoms with Gasteiger partial charge >= 0.3 is 12.1 Å². The van der Waals surface area contributed by atoms with Crippen LogP contribution in [0.3, 0.4) is 0 Å². The fraction of sp³-hybridized carbons (Fsp3) is 0.444. The highest BCUT2D eigenvalue weighted by Crippen LogP contribution is 2.29. The summed E-state index contributed by atoms with van der Waals surface area (Å²) in [7, 11) is 1.71. The number of likely N-dealkylation sites (tertiary alicyclic amines) is 1. The van der Waals surface area contributed by atoms with Crippen molar-refractivity contribution in [3.8, 4) is 11.3 Å². The van der Waals surface area contributed by atoms with Crippen LogP contribution in [-0.2, 0) is 34.5 Å². The molecule has 0 bridgehead atoms. The highest BCUT2D eigenvalue weighted by Gasteiger charge is 2.35. The molecule has 2 N–H and O–H groups in total. The monoisotopic (exact) mass is 672 g/mol. The van der Waals surface area contributed by atoms with Crippen LogP contribution in [0.5, 0.6) is 0 Å².